The van der Waals surface area contributed by atoms with Gasteiger partial charge in [-0.25, -0.2) is 0 Å². The molecule has 0 spiro atoms. The zero-order chi connectivity index (χ0) is 22.4. The Morgan fingerprint density at radius 2 is 1.81 bits per heavy atom. The predicted molar refractivity (Wildman–Crippen MR) is 128 cm³/mol. The zero-order valence-corrected chi connectivity index (χ0v) is 19.7. The van der Waals surface area contributed by atoms with Crippen LogP contribution in [0.15, 0.2) is 66.0 Å². The van der Waals surface area contributed by atoms with Crippen molar-refractivity contribution in [1.29, 1.82) is 0 Å². The monoisotopic (exact) mass is 474 g/mol. The molecule has 0 bridgehead atoms. The van der Waals surface area contributed by atoms with Crippen LogP contribution in [-0.4, -0.2) is 24.7 Å². The minimum Gasteiger partial charge on any atom is -0.493 e. The molecule has 0 saturated carbocycles. The minimum atomic E-state index is -2.73. The SMILES string of the molecule is O=[P+](O)OOCCNCc1ccc(OCCCCCc2ccccc2)c(-c2cccs2)c1. The number of hydrogen-bond acceptors (Lipinski definition) is 6. The standard InChI is InChI=1S/C24H28NO5PS/c26-31(27)30-29-16-14-25-19-21-12-13-23(22(18-21)24-11-7-17-32-24)28-15-6-2-5-10-20-8-3-1-4-9-20/h1,3-4,7-9,11-13,17-18,25H,2,5-6,10,14-16,19H2/p+1. The van der Waals surface area contributed by atoms with Crippen molar-refractivity contribution in [1.82, 2.24) is 5.32 Å². The Morgan fingerprint density at radius 3 is 2.59 bits per heavy atom. The van der Waals surface area contributed by atoms with Crippen molar-refractivity contribution in [3.8, 4) is 16.2 Å². The second-order valence-electron chi connectivity index (χ2n) is 7.26. The molecular weight excluding hydrogens is 445 g/mol. The Bertz CT molecular complexity index is 937. The van der Waals surface area contributed by atoms with Gasteiger partial charge in [-0.15, -0.1) is 16.2 Å². The molecule has 8 heteroatoms. The molecule has 6 nitrogen and oxygen atoms in total. The first-order valence-electron chi connectivity index (χ1n) is 10.7. The quantitative estimate of drug-likeness (QED) is 0.124. The minimum absolute atomic E-state index is 0.185. The number of hydrogen-bond donors (Lipinski definition) is 2. The lowest BCUT2D eigenvalue weighted by Crippen LogP contribution is -2.19. The summed E-state index contributed by atoms with van der Waals surface area (Å²) < 4.78 is 20.7. The van der Waals surface area contributed by atoms with Crippen LogP contribution in [0.5, 0.6) is 5.75 Å². The lowest BCUT2D eigenvalue weighted by Gasteiger charge is -2.13. The Labute approximate surface area is 194 Å². The van der Waals surface area contributed by atoms with Crippen molar-refractivity contribution in [2.75, 3.05) is 19.8 Å². The molecule has 2 N–H and O–H groups in total. The second kappa shape index (κ2) is 14.1. The third-order valence-corrected chi connectivity index (χ3v) is 5.98. The van der Waals surface area contributed by atoms with E-state index in [9.17, 15) is 4.57 Å². The maximum absolute atomic E-state index is 10.4. The molecule has 2 aromatic carbocycles. The lowest BCUT2D eigenvalue weighted by molar-refractivity contribution is -0.206. The summed E-state index contributed by atoms with van der Waals surface area (Å²) in [7, 11) is -2.73. The topological polar surface area (TPSA) is 77.0 Å². The number of ether oxygens (including phenoxy) is 1. The van der Waals surface area contributed by atoms with Crippen LogP contribution in [0.3, 0.4) is 0 Å². The van der Waals surface area contributed by atoms with E-state index in [2.05, 4.69) is 68.8 Å². The molecular formula is C24H29NO5PS+. The number of thiophene rings is 1. The molecule has 1 heterocycles. The van der Waals surface area contributed by atoms with Gasteiger partial charge in [0.25, 0.3) is 0 Å². The highest BCUT2D eigenvalue weighted by Gasteiger charge is 2.13. The number of rotatable bonds is 15. The summed E-state index contributed by atoms with van der Waals surface area (Å²) in [6, 6.07) is 21.0. The normalized spacial score (nSPS) is 11.5. The van der Waals surface area contributed by atoms with Crippen molar-refractivity contribution in [3.63, 3.8) is 0 Å². The summed E-state index contributed by atoms with van der Waals surface area (Å²) in [4.78, 5) is 14.3. The van der Waals surface area contributed by atoms with Gasteiger partial charge in [0, 0.05) is 28.1 Å². The van der Waals surface area contributed by atoms with E-state index in [4.69, 9.17) is 9.63 Å². The van der Waals surface area contributed by atoms with Gasteiger partial charge in [-0.2, -0.15) is 4.89 Å². The van der Waals surface area contributed by atoms with Gasteiger partial charge < -0.3 is 10.1 Å². The summed E-state index contributed by atoms with van der Waals surface area (Å²) in [6.07, 6.45) is 4.45. The van der Waals surface area contributed by atoms with Gasteiger partial charge in [-0.3, -0.25) is 0 Å². The maximum Gasteiger partial charge on any atom is 0.725 e. The molecule has 1 unspecified atom stereocenters. The smallest absolute Gasteiger partial charge is 0.493 e. The molecule has 1 aromatic heterocycles. The lowest BCUT2D eigenvalue weighted by atomic mass is 10.1. The van der Waals surface area contributed by atoms with Gasteiger partial charge in [0.2, 0.25) is 0 Å². The highest BCUT2D eigenvalue weighted by molar-refractivity contribution is 7.31. The second-order valence-corrected chi connectivity index (χ2v) is 8.84. The van der Waals surface area contributed by atoms with Gasteiger partial charge in [0.1, 0.15) is 5.75 Å². The molecule has 3 rings (SSSR count). The molecule has 0 aliphatic carbocycles. The van der Waals surface area contributed by atoms with E-state index in [-0.39, 0.29) is 6.61 Å². The first kappa shape index (κ1) is 24.5. The van der Waals surface area contributed by atoms with Crippen LogP contribution in [0.2, 0.25) is 0 Å². The summed E-state index contributed by atoms with van der Waals surface area (Å²) in [5.74, 6) is 0.905. The van der Waals surface area contributed by atoms with Gasteiger partial charge in [-0.1, -0.05) is 42.5 Å². The summed E-state index contributed by atoms with van der Waals surface area (Å²) >= 11 is 1.69. The summed E-state index contributed by atoms with van der Waals surface area (Å²) in [5.41, 5.74) is 3.61. The van der Waals surface area contributed by atoms with Crippen LogP contribution < -0.4 is 10.1 Å². The average molecular weight is 475 g/mol. The third kappa shape index (κ3) is 8.79. The van der Waals surface area contributed by atoms with Gasteiger partial charge in [-0.05, 0) is 60.4 Å². The summed E-state index contributed by atoms with van der Waals surface area (Å²) in [6.45, 7) is 2.03. The van der Waals surface area contributed by atoms with Crippen molar-refractivity contribution in [2.45, 2.75) is 32.2 Å². The third-order valence-electron chi connectivity index (χ3n) is 4.85. The van der Waals surface area contributed by atoms with Crippen molar-refractivity contribution >= 4 is 19.6 Å². The molecule has 0 radical (unpaired) electrons. The van der Waals surface area contributed by atoms with E-state index in [1.165, 1.54) is 16.9 Å². The van der Waals surface area contributed by atoms with Crippen LogP contribution >= 0.6 is 19.6 Å². The van der Waals surface area contributed by atoms with Crippen LogP contribution in [0.1, 0.15) is 30.4 Å². The number of aryl methyl sites for hydroxylation is 1. The number of unbranched alkanes of at least 4 members (excludes halogenated alkanes) is 2. The van der Waals surface area contributed by atoms with Crippen LogP contribution in [0.25, 0.3) is 10.4 Å². The molecule has 0 amide bonds. The number of nitrogens with one attached hydrogen (secondary N) is 1. The van der Waals surface area contributed by atoms with Gasteiger partial charge >= 0.3 is 8.25 Å². The van der Waals surface area contributed by atoms with Crippen LogP contribution in [0.4, 0.5) is 0 Å². The van der Waals surface area contributed by atoms with E-state index >= 15 is 0 Å². The molecule has 32 heavy (non-hydrogen) atoms. The fourth-order valence-electron chi connectivity index (χ4n) is 3.30. The largest absolute Gasteiger partial charge is 0.725 e. The van der Waals surface area contributed by atoms with E-state index < -0.39 is 8.25 Å². The fourth-order valence-corrected chi connectivity index (χ4v) is 4.21. The Balaban J connectivity index is 1.45. The van der Waals surface area contributed by atoms with E-state index in [0.29, 0.717) is 19.7 Å². The highest BCUT2D eigenvalue weighted by Crippen LogP contribution is 2.34. The van der Waals surface area contributed by atoms with E-state index in [0.717, 1.165) is 36.1 Å². The molecule has 3 aromatic rings. The molecule has 0 aliphatic heterocycles. The first-order valence-corrected chi connectivity index (χ1v) is 12.7. The number of benzene rings is 2. The van der Waals surface area contributed by atoms with E-state index in [1.807, 2.05) is 12.1 Å². The zero-order valence-electron chi connectivity index (χ0n) is 17.9. The van der Waals surface area contributed by atoms with Crippen molar-refractivity contribution < 1.29 is 23.8 Å². The van der Waals surface area contributed by atoms with Crippen LogP contribution in [-0.2, 0) is 27.1 Å². The maximum atomic E-state index is 10.4. The van der Waals surface area contributed by atoms with Crippen molar-refractivity contribution in [2.24, 2.45) is 0 Å². The Hall–Kier alpha value is -2.12. The highest BCUT2D eigenvalue weighted by atomic mass is 32.1. The van der Waals surface area contributed by atoms with Gasteiger partial charge in [0.15, 0.2) is 0 Å². The Kier molecular flexibility index (Phi) is 10.8. The molecule has 170 valence electrons. The predicted octanol–water partition coefficient (Wildman–Crippen LogP) is 5.89. The average Bonchev–Trinajstić information content (AvgIpc) is 3.34. The molecule has 1 atom stereocenters. The Morgan fingerprint density at radius 1 is 0.938 bits per heavy atom. The molecule has 0 fully saturated rings. The first-order chi connectivity index (χ1) is 15.7. The van der Waals surface area contributed by atoms with E-state index in [1.54, 1.807) is 11.3 Å². The van der Waals surface area contributed by atoms with Crippen LogP contribution in [0, 0.1) is 0 Å². The van der Waals surface area contributed by atoms with Gasteiger partial charge in [0.05, 0.1) is 17.9 Å². The van der Waals surface area contributed by atoms with Crippen molar-refractivity contribution in [3.05, 3.63) is 77.2 Å². The molecule has 0 saturated heterocycles. The molecule has 0 aliphatic rings. The summed E-state index contributed by atoms with van der Waals surface area (Å²) in [5, 5.41) is 5.29. The fraction of sp³-hybridized carbons (Fsp3) is 0.333.